The van der Waals surface area contributed by atoms with Crippen LogP contribution in [0.5, 0.6) is 0 Å². The standard InChI is InChI=1S/C22H23FN4O/c1-14-4-9-19(15(2)12-14)27-22(28)20-13-21(26-16(3)25-20)24-11-10-17-5-7-18(23)8-6-17/h4-9,12-13H,10-11H2,1-3H3,(H,27,28)(H,24,25,26). The topological polar surface area (TPSA) is 66.9 Å². The van der Waals surface area contributed by atoms with E-state index in [0.29, 0.717) is 30.3 Å². The second-order valence-electron chi connectivity index (χ2n) is 6.76. The minimum Gasteiger partial charge on any atom is -0.370 e. The van der Waals surface area contributed by atoms with Gasteiger partial charge in [0.25, 0.3) is 5.91 Å². The number of rotatable bonds is 6. The molecule has 0 aliphatic rings. The van der Waals surface area contributed by atoms with Crippen LogP contribution in [0.2, 0.25) is 0 Å². The summed E-state index contributed by atoms with van der Waals surface area (Å²) in [7, 11) is 0. The van der Waals surface area contributed by atoms with Crippen molar-refractivity contribution in [3.8, 4) is 0 Å². The van der Waals surface area contributed by atoms with Crippen LogP contribution in [0.3, 0.4) is 0 Å². The predicted octanol–water partition coefficient (Wildman–Crippen LogP) is 4.45. The van der Waals surface area contributed by atoms with Crippen LogP contribution in [0.4, 0.5) is 15.9 Å². The van der Waals surface area contributed by atoms with E-state index < -0.39 is 0 Å². The number of nitrogens with one attached hydrogen (secondary N) is 2. The van der Waals surface area contributed by atoms with E-state index in [4.69, 9.17) is 0 Å². The number of aryl methyl sites for hydroxylation is 3. The Balaban J connectivity index is 1.66. The van der Waals surface area contributed by atoms with Gasteiger partial charge in [0.2, 0.25) is 0 Å². The normalized spacial score (nSPS) is 10.6. The van der Waals surface area contributed by atoms with E-state index >= 15 is 0 Å². The van der Waals surface area contributed by atoms with Crippen LogP contribution in [0.25, 0.3) is 0 Å². The second kappa shape index (κ2) is 8.61. The van der Waals surface area contributed by atoms with E-state index in [9.17, 15) is 9.18 Å². The van der Waals surface area contributed by atoms with Crippen LogP contribution >= 0.6 is 0 Å². The third-order valence-corrected chi connectivity index (χ3v) is 4.33. The zero-order valence-corrected chi connectivity index (χ0v) is 16.2. The SMILES string of the molecule is Cc1ccc(NC(=O)c2cc(NCCc3ccc(F)cc3)nc(C)n2)c(C)c1. The highest BCUT2D eigenvalue weighted by molar-refractivity contribution is 6.03. The first-order valence-electron chi connectivity index (χ1n) is 9.13. The third-order valence-electron chi connectivity index (χ3n) is 4.33. The van der Waals surface area contributed by atoms with Crippen LogP contribution in [-0.2, 0) is 6.42 Å². The van der Waals surface area contributed by atoms with Crippen molar-refractivity contribution in [2.75, 3.05) is 17.2 Å². The van der Waals surface area contributed by atoms with Crippen molar-refractivity contribution in [3.05, 3.63) is 82.6 Å². The highest BCUT2D eigenvalue weighted by Gasteiger charge is 2.12. The lowest BCUT2D eigenvalue weighted by atomic mass is 10.1. The van der Waals surface area contributed by atoms with Crippen molar-refractivity contribution in [2.24, 2.45) is 0 Å². The molecule has 0 unspecified atom stereocenters. The lowest BCUT2D eigenvalue weighted by Crippen LogP contribution is -2.17. The van der Waals surface area contributed by atoms with Crippen molar-refractivity contribution in [3.63, 3.8) is 0 Å². The first-order chi connectivity index (χ1) is 13.4. The summed E-state index contributed by atoms with van der Waals surface area (Å²) in [5, 5.41) is 6.10. The molecule has 3 rings (SSSR count). The Bertz CT molecular complexity index is 986. The maximum Gasteiger partial charge on any atom is 0.274 e. The Kier molecular flexibility index (Phi) is 5.99. The molecule has 0 radical (unpaired) electrons. The fourth-order valence-corrected chi connectivity index (χ4v) is 2.90. The molecule has 0 saturated carbocycles. The van der Waals surface area contributed by atoms with Gasteiger partial charge in [0.05, 0.1) is 0 Å². The summed E-state index contributed by atoms with van der Waals surface area (Å²) in [6.07, 6.45) is 0.716. The van der Waals surface area contributed by atoms with Crippen LogP contribution in [0.15, 0.2) is 48.5 Å². The number of hydrogen-bond donors (Lipinski definition) is 2. The van der Waals surface area contributed by atoms with Crippen LogP contribution in [0.1, 0.15) is 33.0 Å². The summed E-state index contributed by atoms with van der Waals surface area (Å²) in [6.45, 7) is 6.33. The monoisotopic (exact) mass is 378 g/mol. The molecule has 1 amide bonds. The molecule has 0 spiro atoms. The molecule has 0 fully saturated rings. The number of anilines is 2. The van der Waals surface area contributed by atoms with E-state index in [0.717, 1.165) is 22.4 Å². The fourth-order valence-electron chi connectivity index (χ4n) is 2.90. The lowest BCUT2D eigenvalue weighted by Gasteiger charge is -2.11. The molecule has 0 bridgehead atoms. The summed E-state index contributed by atoms with van der Waals surface area (Å²) in [6, 6.07) is 13.9. The van der Waals surface area contributed by atoms with E-state index in [-0.39, 0.29) is 11.7 Å². The molecule has 28 heavy (non-hydrogen) atoms. The van der Waals surface area contributed by atoms with Crippen molar-refractivity contribution < 1.29 is 9.18 Å². The summed E-state index contributed by atoms with van der Waals surface area (Å²) in [5.41, 5.74) is 4.22. The summed E-state index contributed by atoms with van der Waals surface area (Å²) >= 11 is 0. The van der Waals surface area contributed by atoms with Gasteiger partial charge in [-0.15, -0.1) is 0 Å². The van der Waals surface area contributed by atoms with Gasteiger partial charge >= 0.3 is 0 Å². The largest absolute Gasteiger partial charge is 0.370 e. The number of aromatic nitrogens is 2. The Morgan fingerprint density at radius 3 is 2.46 bits per heavy atom. The van der Waals surface area contributed by atoms with Crippen molar-refractivity contribution in [1.82, 2.24) is 9.97 Å². The first kappa shape index (κ1) is 19.5. The molecule has 144 valence electrons. The molecule has 0 atom stereocenters. The fraction of sp³-hybridized carbons (Fsp3) is 0.227. The van der Waals surface area contributed by atoms with Gasteiger partial charge in [-0.1, -0.05) is 29.8 Å². The zero-order chi connectivity index (χ0) is 20.1. The maximum absolute atomic E-state index is 13.0. The number of benzene rings is 2. The summed E-state index contributed by atoms with van der Waals surface area (Å²) in [5.74, 6) is 0.569. The van der Waals surface area contributed by atoms with Gasteiger partial charge in [-0.25, -0.2) is 14.4 Å². The second-order valence-corrected chi connectivity index (χ2v) is 6.76. The Hall–Kier alpha value is -3.28. The number of hydrogen-bond acceptors (Lipinski definition) is 4. The molecule has 2 aromatic carbocycles. The van der Waals surface area contributed by atoms with Gasteiger partial charge in [0, 0.05) is 18.3 Å². The van der Waals surface area contributed by atoms with Crippen molar-refractivity contribution in [1.29, 1.82) is 0 Å². The van der Waals surface area contributed by atoms with Gasteiger partial charge in [0.1, 0.15) is 23.2 Å². The van der Waals surface area contributed by atoms with Gasteiger partial charge in [-0.05, 0) is 56.5 Å². The van der Waals surface area contributed by atoms with E-state index in [2.05, 4.69) is 20.6 Å². The third kappa shape index (κ3) is 5.13. The molecular formula is C22H23FN4O. The Morgan fingerprint density at radius 2 is 1.75 bits per heavy atom. The highest BCUT2D eigenvalue weighted by Crippen LogP contribution is 2.17. The van der Waals surface area contributed by atoms with Crippen LogP contribution in [-0.4, -0.2) is 22.4 Å². The van der Waals surface area contributed by atoms with Crippen LogP contribution in [0, 0.1) is 26.6 Å². The number of halogens is 1. The van der Waals surface area contributed by atoms with Gasteiger partial charge in [-0.2, -0.15) is 0 Å². The minimum atomic E-state index is -0.279. The number of carbonyl (C=O) groups is 1. The molecule has 0 saturated heterocycles. The number of amides is 1. The molecule has 2 N–H and O–H groups in total. The molecule has 0 aliphatic heterocycles. The van der Waals surface area contributed by atoms with Gasteiger partial charge in [0.15, 0.2) is 0 Å². The number of carbonyl (C=O) groups excluding carboxylic acids is 1. The van der Waals surface area contributed by atoms with Gasteiger partial charge < -0.3 is 10.6 Å². The Morgan fingerprint density at radius 1 is 1.00 bits per heavy atom. The highest BCUT2D eigenvalue weighted by atomic mass is 19.1. The predicted molar refractivity (Wildman–Crippen MR) is 109 cm³/mol. The quantitative estimate of drug-likeness (QED) is 0.665. The average Bonchev–Trinajstić information content (AvgIpc) is 2.65. The minimum absolute atomic E-state index is 0.248. The Labute approximate surface area is 164 Å². The van der Waals surface area contributed by atoms with Crippen LogP contribution < -0.4 is 10.6 Å². The molecule has 6 heteroatoms. The average molecular weight is 378 g/mol. The van der Waals surface area contributed by atoms with Crippen molar-refractivity contribution >= 4 is 17.4 Å². The molecule has 3 aromatic rings. The molecule has 1 aromatic heterocycles. The molecule has 1 heterocycles. The van der Waals surface area contributed by atoms with E-state index in [1.807, 2.05) is 32.0 Å². The maximum atomic E-state index is 13.0. The molecule has 5 nitrogen and oxygen atoms in total. The summed E-state index contributed by atoms with van der Waals surface area (Å²) in [4.78, 5) is 21.2. The van der Waals surface area contributed by atoms with E-state index in [1.165, 1.54) is 12.1 Å². The van der Waals surface area contributed by atoms with Gasteiger partial charge in [-0.3, -0.25) is 4.79 Å². The summed E-state index contributed by atoms with van der Waals surface area (Å²) < 4.78 is 13.0. The van der Waals surface area contributed by atoms with Crippen molar-refractivity contribution in [2.45, 2.75) is 27.2 Å². The molecular weight excluding hydrogens is 355 g/mol. The lowest BCUT2D eigenvalue weighted by molar-refractivity contribution is 0.102. The zero-order valence-electron chi connectivity index (χ0n) is 16.2. The van der Waals surface area contributed by atoms with E-state index in [1.54, 1.807) is 25.1 Å². The number of nitrogens with zero attached hydrogens (tertiary/aromatic N) is 2. The first-order valence-corrected chi connectivity index (χ1v) is 9.13. The molecule has 0 aliphatic carbocycles. The smallest absolute Gasteiger partial charge is 0.274 e.